The highest BCUT2D eigenvalue weighted by Crippen LogP contribution is 2.44. The summed E-state index contributed by atoms with van der Waals surface area (Å²) in [7, 11) is 0. The Labute approximate surface area is 307 Å². The van der Waals surface area contributed by atoms with Crippen LogP contribution in [0.5, 0.6) is 0 Å². The molecule has 53 heavy (non-hydrogen) atoms. The molecular formula is C46H27N5OS. The maximum Gasteiger partial charge on any atom is 0.227 e. The fourth-order valence-electron chi connectivity index (χ4n) is 7.52. The molecule has 11 rings (SSSR count). The van der Waals surface area contributed by atoms with Crippen molar-refractivity contribution in [1.82, 2.24) is 24.5 Å². The van der Waals surface area contributed by atoms with Crippen LogP contribution in [0.25, 0.3) is 104 Å². The van der Waals surface area contributed by atoms with Gasteiger partial charge in [0.1, 0.15) is 5.52 Å². The van der Waals surface area contributed by atoms with E-state index >= 15 is 0 Å². The van der Waals surface area contributed by atoms with Gasteiger partial charge < -0.3 is 8.98 Å². The summed E-state index contributed by atoms with van der Waals surface area (Å²) in [4.78, 5) is 20.3. The summed E-state index contributed by atoms with van der Waals surface area (Å²) in [5, 5.41) is 4.61. The second kappa shape index (κ2) is 11.8. The number of thiophene rings is 1. The molecule has 7 heteroatoms. The standard InChI is InChI=1S/C46H27N5OS/c1-2-12-28(13-3-1)43-48-44(29-24-26-30(27-25-29)51-36-19-7-4-14-31(36)32-15-5-8-20-37(32)51)50-45(49-43)33-16-10-22-39-41(33)42-34(17-11-23-40(42)53-39)46-47-35-18-6-9-21-38(35)52-46/h1-27H. The Morgan fingerprint density at radius 1 is 0.434 bits per heavy atom. The molecule has 0 atom stereocenters. The monoisotopic (exact) mass is 697 g/mol. The summed E-state index contributed by atoms with van der Waals surface area (Å²) in [6.45, 7) is 0. The predicted octanol–water partition coefficient (Wildman–Crippen LogP) is 12.1. The van der Waals surface area contributed by atoms with Crippen LogP contribution in [-0.2, 0) is 0 Å². The maximum atomic E-state index is 6.31. The van der Waals surface area contributed by atoms with E-state index in [-0.39, 0.29) is 0 Å². The summed E-state index contributed by atoms with van der Waals surface area (Å²) in [6.07, 6.45) is 0. The van der Waals surface area contributed by atoms with Gasteiger partial charge in [0.05, 0.1) is 11.0 Å². The number of nitrogens with zero attached hydrogens (tertiary/aromatic N) is 5. The van der Waals surface area contributed by atoms with Crippen molar-refractivity contribution in [3.8, 4) is 51.3 Å². The molecule has 0 saturated heterocycles. The molecule has 4 heterocycles. The molecule has 0 spiro atoms. The summed E-state index contributed by atoms with van der Waals surface area (Å²) in [6, 6.07) is 56.3. The number of oxazole rings is 1. The van der Waals surface area contributed by atoms with Gasteiger partial charge in [0.2, 0.25) is 5.89 Å². The van der Waals surface area contributed by atoms with E-state index in [1.165, 1.54) is 21.8 Å². The summed E-state index contributed by atoms with van der Waals surface area (Å²) in [5.41, 5.74) is 8.71. The van der Waals surface area contributed by atoms with Gasteiger partial charge >= 0.3 is 0 Å². The van der Waals surface area contributed by atoms with Crippen LogP contribution in [0.3, 0.4) is 0 Å². The summed E-state index contributed by atoms with van der Waals surface area (Å²) >= 11 is 1.75. The lowest BCUT2D eigenvalue weighted by molar-refractivity contribution is 0.620. The predicted molar refractivity (Wildman–Crippen MR) is 216 cm³/mol. The number of hydrogen-bond donors (Lipinski definition) is 0. The van der Waals surface area contributed by atoms with Crippen molar-refractivity contribution in [2.24, 2.45) is 0 Å². The van der Waals surface area contributed by atoms with Gasteiger partial charge in [0.25, 0.3) is 0 Å². The minimum Gasteiger partial charge on any atom is -0.436 e. The van der Waals surface area contributed by atoms with Gasteiger partial charge in [-0.1, -0.05) is 97.1 Å². The van der Waals surface area contributed by atoms with Crippen molar-refractivity contribution in [3.05, 3.63) is 164 Å². The van der Waals surface area contributed by atoms with Crippen LogP contribution < -0.4 is 0 Å². The number of rotatable bonds is 5. The van der Waals surface area contributed by atoms with Crippen molar-refractivity contribution >= 4 is 64.4 Å². The van der Waals surface area contributed by atoms with E-state index < -0.39 is 0 Å². The molecule has 6 nitrogen and oxygen atoms in total. The SMILES string of the molecule is c1ccc(-c2nc(-c3ccc(-n4c5ccccc5c5ccccc54)cc3)nc(-c3cccc4sc5cccc(-c6nc7ccccc7o6)c5c34)n2)cc1. The molecular weight excluding hydrogens is 671 g/mol. The zero-order valence-electron chi connectivity index (χ0n) is 28.1. The zero-order chi connectivity index (χ0) is 34.9. The molecule has 0 amide bonds. The largest absolute Gasteiger partial charge is 0.436 e. The molecule has 0 aliphatic carbocycles. The lowest BCUT2D eigenvalue weighted by atomic mass is 10.0. The Morgan fingerprint density at radius 2 is 1.00 bits per heavy atom. The van der Waals surface area contributed by atoms with E-state index in [0.29, 0.717) is 23.4 Å². The fourth-order valence-corrected chi connectivity index (χ4v) is 8.68. The Balaban J connectivity index is 1.10. The van der Waals surface area contributed by atoms with Gasteiger partial charge in [-0.3, -0.25) is 0 Å². The number of hydrogen-bond acceptors (Lipinski definition) is 6. The van der Waals surface area contributed by atoms with Crippen LogP contribution in [0.4, 0.5) is 0 Å². The Morgan fingerprint density at radius 3 is 1.70 bits per heavy atom. The fraction of sp³-hybridized carbons (Fsp3) is 0. The third kappa shape index (κ3) is 4.79. The molecule has 248 valence electrons. The Kier molecular flexibility index (Phi) is 6.62. The van der Waals surface area contributed by atoms with E-state index in [0.717, 1.165) is 59.2 Å². The average molecular weight is 698 g/mol. The van der Waals surface area contributed by atoms with Gasteiger partial charge in [-0.15, -0.1) is 11.3 Å². The van der Waals surface area contributed by atoms with Crippen LogP contribution in [0, 0.1) is 0 Å². The first kappa shape index (κ1) is 29.7. The highest BCUT2D eigenvalue weighted by Gasteiger charge is 2.21. The maximum absolute atomic E-state index is 6.31. The first-order valence-corrected chi connectivity index (χ1v) is 18.3. The van der Waals surface area contributed by atoms with Gasteiger partial charge in [0.15, 0.2) is 23.1 Å². The van der Waals surface area contributed by atoms with Crippen molar-refractivity contribution < 1.29 is 4.42 Å². The van der Waals surface area contributed by atoms with E-state index in [4.69, 9.17) is 24.4 Å². The number of aromatic nitrogens is 5. The molecule has 11 aromatic rings. The molecule has 0 unspecified atom stereocenters. The lowest BCUT2D eigenvalue weighted by Gasteiger charge is -2.11. The number of fused-ring (bicyclic) bond motifs is 7. The average Bonchev–Trinajstić information content (AvgIpc) is 3.93. The van der Waals surface area contributed by atoms with E-state index in [1.807, 2.05) is 54.6 Å². The summed E-state index contributed by atoms with van der Waals surface area (Å²) in [5.74, 6) is 2.43. The zero-order valence-corrected chi connectivity index (χ0v) is 29.0. The van der Waals surface area contributed by atoms with Gasteiger partial charge in [0, 0.05) is 58.9 Å². The first-order chi connectivity index (χ1) is 26.3. The molecule has 0 fully saturated rings. The van der Waals surface area contributed by atoms with Crippen molar-refractivity contribution in [2.75, 3.05) is 0 Å². The Bertz CT molecular complexity index is 3090. The van der Waals surface area contributed by atoms with Crippen LogP contribution in [-0.4, -0.2) is 24.5 Å². The van der Waals surface area contributed by atoms with Crippen LogP contribution in [0.1, 0.15) is 0 Å². The second-order valence-corrected chi connectivity index (χ2v) is 14.1. The number of benzene rings is 7. The van der Waals surface area contributed by atoms with E-state index in [1.54, 1.807) is 11.3 Å². The molecule has 4 aromatic heterocycles. The molecule has 0 aliphatic rings. The van der Waals surface area contributed by atoms with Crippen molar-refractivity contribution in [1.29, 1.82) is 0 Å². The van der Waals surface area contributed by atoms with E-state index in [9.17, 15) is 0 Å². The van der Waals surface area contributed by atoms with Crippen LogP contribution in [0.2, 0.25) is 0 Å². The quantitative estimate of drug-likeness (QED) is 0.179. The summed E-state index contributed by atoms with van der Waals surface area (Å²) < 4.78 is 10.9. The topological polar surface area (TPSA) is 69.6 Å². The molecule has 7 aromatic carbocycles. The third-order valence-corrected chi connectivity index (χ3v) is 11.0. The number of para-hydroxylation sites is 4. The van der Waals surface area contributed by atoms with Gasteiger partial charge in [-0.25, -0.2) is 19.9 Å². The first-order valence-electron chi connectivity index (χ1n) is 17.5. The highest BCUT2D eigenvalue weighted by atomic mass is 32.1. The van der Waals surface area contributed by atoms with Crippen LogP contribution in [0.15, 0.2) is 168 Å². The van der Waals surface area contributed by atoms with Gasteiger partial charge in [-0.05, 0) is 66.7 Å². The highest BCUT2D eigenvalue weighted by molar-refractivity contribution is 7.26. The minimum absolute atomic E-state index is 0.593. The normalized spacial score (nSPS) is 11.8. The van der Waals surface area contributed by atoms with Crippen molar-refractivity contribution in [3.63, 3.8) is 0 Å². The third-order valence-electron chi connectivity index (χ3n) is 9.92. The van der Waals surface area contributed by atoms with Gasteiger partial charge in [-0.2, -0.15) is 0 Å². The Hall–Kier alpha value is -6.96. The lowest BCUT2D eigenvalue weighted by Crippen LogP contribution is -2.01. The molecule has 0 N–H and O–H groups in total. The molecule has 0 bridgehead atoms. The second-order valence-electron chi connectivity index (χ2n) is 13.0. The smallest absolute Gasteiger partial charge is 0.227 e. The minimum atomic E-state index is 0.593. The molecule has 0 saturated carbocycles. The van der Waals surface area contributed by atoms with Crippen molar-refractivity contribution in [2.45, 2.75) is 0 Å². The van der Waals surface area contributed by atoms with Crippen LogP contribution >= 0.6 is 11.3 Å². The molecule has 0 radical (unpaired) electrons. The van der Waals surface area contributed by atoms with E-state index in [2.05, 4.69) is 114 Å². The molecule has 0 aliphatic heterocycles.